The molecule has 0 atom stereocenters. The van der Waals surface area contributed by atoms with E-state index in [2.05, 4.69) is 79.7 Å². The van der Waals surface area contributed by atoms with E-state index >= 15 is 0 Å². The molecule has 0 unspecified atom stereocenters. The van der Waals surface area contributed by atoms with Crippen LogP contribution in [0.4, 0.5) is 5.82 Å². The molecule has 0 saturated heterocycles. The minimum Gasteiger partial charge on any atom is -0.461 e. The molecule has 6 nitrogen and oxygen atoms in total. The molecule has 0 bridgehead atoms. The molecule has 0 aliphatic heterocycles. The normalized spacial score (nSPS) is 11.8. The molecule has 42 heavy (non-hydrogen) atoms. The Morgan fingerprint density at radius 1 is 0.905 bits per heavy atom. The lowest BCUT2D eigenvalue weighted by atomic mass is 10.1. The molecule has 0 amide bonds. The van der Waals surface area contributed by atoms with Crippen LogP contribution in [0.25, 0.3) is 21.9 Å². The van der Waals surface area contributed by atoms with E-state index in [4.69, 9.17) is 15.5 Å². The second kappa shape index (κ2) is 13.0. The number of hydrogen-bond donors (Lipinski definition) is 1. The molecule has 2 heterocycles. The fourth-order valence-electron chi connectivity index (χ4n) is 5.08. The quantitative estimate of drug-likeness (QED) is 0.125. The smallest absolute Gasteiger partial charge is 0.306 e. The van der Waals surface area contributed by atoms with E-state index in [-0.39, 0.29) is 10.7 Å². The number of esters is 1. The Hall–Kier alpha value is -3.84. The zero-order valence-electron chi connectivity index (χ0n) is 25.0. The number of carbonyl (C=O) groups excluding carboxylic acids is 1. The number of thioether (sulfide) groups is 1. The Kier molecular flexibility index (Phi) is 9.17. The summed E-state index contributed by atoms with van der Waals surface area (Å²) in [5.74, 6) is 1.32. The molecule has 3 aromatic carbocycles. The molecule has 2 N–H and O–H groups in total. The Labute approximate surface area is 252 Å². The number of nitrogen functional groups attached to an aromatic ring is 1. The van der Waals surface area contributed by atoms with Crippen molar-refractivity contribution >= 4 is 45.5 Å². The van der Waals surface area contributed by atoms with Crippen LogP contribution in [0.1, 0.15) is 69.5 Å². The monoisotopic (exact) mass is 580 g/mol. The number of imidazole rings is 1. The van der Waals surface area contributed by atoms with Crippen LogP contribution >= 0.6 is 11.8 Å². The first-order chi connectivity index (χ1) is 20.2. The van der Waals surface area contributed by atoms with Gasteiger partial charge in [0.05, 0.1) is 11.0 Å². The average molecular weight is 581 g/mol. The molecule has 0 radical (unpaired) electrons. The largest absolute Gasteiger partial charge is 0.461 e. The van der Waals surface area contributed by atoms with Crippen molar-refractivity contribution in [1.29, 1.82) is 0 Å². The third kappa shape index (κ3) is 7.32. The van der Waals surface area contributed by atoms with Crippen LogP contribution in [0.2, 0.25) is 0 Å². The second-order valence-corrected chi connectivity index (χ2v) is 13.7. The van der Waals surface area contributed by atoms with Crippen molar-refractivity contribution in [1.82, 2.24) is 14.5 Å². The number of benzene rings is 3. The number of hydrogen-bond acceptors (Lipinski definition) is 6. The summed E-state index contributed by atoms with van der Waals surface area (Å²) in [5, 5.41) is 1.06. The second-order valence-electron chi connectivity index (χ2n) is 11.8. The summed E-state index contributed by atoms with van der Waals surface area (Å²) >= 11 is 1.83. The van der Waals surface area contributed by atoms with Gasteiger partial charge in [0, 0.05) is 34.4 Å². The van der Waals surface area contributed by atoms with Gasteiger partial charge in [-0.1, -0.05) is 88.7 Å². The van der Waals surface area contributed by atoms with E-state index in [0.29, 0.717) is 31.8 Å². The highest BCUT2D eigenvalue weighted by molar-refractivity contribution is 8.00. The van der Waals surface area contributed by atoms with Gasteiger partial charge in [0.15, 0.2) is 5.82 Å². The highest BCUT2D eigenvalue weighted by Crippen LogP contribution is 2.32. The third-order valence-corrected chi connectivity index (χ3v) is 8.29. The molecule has 0 spiro atoms. The number of anilines is 1. The zero-order valence-corrected chi connectivity index (χ0v) is 25.8. The molecule has 0 saturated carbocycles. The van der Waals surface area contributed by atoms with Crippen molar-refractivity contribution in [2.45, 2.75) is 82.6 Å². The number of aromatic nitrogens is 3. The highest BCUT2D eigenvalue weighted by Gasteiger charge is 2.17. The SMILES string of the molecule is CCCCc1nc2c(N)nc3ccccc3c2n1Cc1ccc(CCC(=O)OCc2ccc(SC(C)(C)C)cc2)cc1. The van der Waals surface area contributed by atoms with Crippen molar-refractivity contribution < 1.29 is 9.53 Å². The molecule has 2 aromatic heterocycles. The van der Waals surface area contributed by atoms with Gasteiger partial charge in [-0.05, 0) is 47.7 Å². The molecular formula is C35H40N4O2S. The van der Waals surface area contributed by atoms with Gasteiger partial charge in [0.1, 0.15) is 17.9 Å². The van der Waals surface area contributed by atoms with E-state index in [1.54, 1.807) is 0 Å². The molecule has 0 aliphatic rings. The van der Waals surface area contributed by atoms with Gasteiger partial charge in [0.2, 0.25) is 0 Å². The topological polar surface area (TPSA) is 83.0 Å². The van der Waals surface area contributed by atoms with Gasteiger partial charge >= 0.3 is 5.97 Å². The van der Waals surface area contributed by atoms with E-state index in [1.165, 1.54) is 10.5 Å². The van der Waals surface area contributed by atoms with Gasteiger partial charge in [0.25, 0.3) is 0 Å². The number of nitrogens with two attached hydrogens (primary N) is 1. The summed E-state index contributed by atoms with van der Waals surface area (Å²) in [7, 11) is 0. The first-order valence-corrected chi connectivity index (χ1v) is 15.6. The highest BCUT2D eigenvalue weighted by atomic mass is 32.2. The number of ether oxygens (including phenoxy) is 1. The lowest BCUT2D eigenvalue weighted by Crippen LogP contribution is -2.07. The maximum atomic E-state index is 12.5. The van der Waals surface area contributed by atoms with Crippen LogP contribution in [0.15, 0.2) is 77.7 Å². The van der Waals surface area contributed by atoms with Crippen molar-refractivity contribution in [3.63, 3.8) is 0 Å². The molecule has 5 rings (SSSR count). The summed E-state index contributed by atoms with van der Waals surface area (Å²) in [6.45, 7) is 9.77. The molecule has 7 heteroatoms. The fourth-order valence-corrected chi connectivity index (χ4v) is 6.06. The number of carbonyl (C=O) groups is 1. The number of pyridine rings is 1. The summed E-state index contributed by atoms with van der Waals surface area (Å²) in [6, 6.07) is 24.8. The number of rotatable bonds is 11. The van der Waals surface area contributed by atoms with Crippen LogP contribution in [0.5, 0.6) is 0 Å². The molecule has 0 fully saturated rings. The average Bonchev–Trinajstić information content (AvgIpc) is 3.33. The van der Waals surface area contributed by atoms with E-state index < -0.39 is 0 Å². The van der Waals surface area contributed by atoms with Gasteiger partial charge in [-0.15, -0.1) is 11.8 Å². The lowest BCUT2D eigenvalue weighted by molar-refractivity contribution is -0.144. The number of para-hydroxylation sites is 1. The Morgan fingerprint density at radius 3 is 2.31 bits per heavy atom. The van der Waals surface area contributed by atoms with Gasteiger partial charge in [-0.3, -0.25) is 4.79 Å². The van der Waals surface area contributed by atoms with Crippen molar-refractivity contribution in [3.05, 3.63) is 95.3 Å². The maximum absolute atomic E-state index is 12.5. The standard InChI is InChI=1S/C35H40N4O2S/c1-5-6-11-30-38-32-33(28-9-7-8-10-29(28)37-34(32)36)39(30)22-25-14-12-24(13-15-25)18-21-31(40)41-23-26-16-19-27(20-17-26)42-35(2,3)4/h7-10,12-17,19-20H,5-6,11,18,21-23H2,1-4H3,(H2,36,37). The van der Waals surface area contributed by atoms with Gasteiger partial charge in [-0.25, -0.2) is 9.97 Å². The first kappa shape index (κ1) is 29.6. The van der Waals surface area contributed by atoms with E-state index in [0.717, 1.165) is 58.2 Å². The molecule has 0 aliphatic carbocycles. The third-order valence-electron chi connectivity index (χ3n) is 7.17. The van der Waals surface area contributed by atoms with Crippen LogP contribution in [0.3, 0.4) is 0 Å². The first-order valence-electron chi connectivity index (χ1n) is 14.7. The molecule has 218 valence electrons. The number of fused-ring (bicyclic) bond motifs is 3. The summed E-state index contributed by atoms with van der Waals surface area (Å²) < 4.78 is 8.01. The summed E-state index contributed by atoms with van der Waals surface area (Å²) in [5.41, 5.74) is 12.3. The van der Waals surface area contributed by atoms with Crippen LogP contribution in [-0.4, -0.2) is 25.3 Å². The van der Waals surface area contributed by atoms with E-state index in [9.17, 15) is 4.79 Å². The van der Waals surface area contributed by atoms with Crippen LogP contribution in [-0.2, 0) is 35.5 Å². The lowest BCUT2D eigenvalue weighted by Gasteiger charge is -2.17. The molecular weight excluding hydrogens is 540 g/mol. The van der Waals surface area contributed by atoms with E-state index in [1.807, 2.05) is 42.1 Å². The summed E-state index contributed by atoms with van der Waals surface area (Å²) in [6.07, 6.45) is 4.04. The minimum absolute atomic E-state index is 0.165. The Bertz CT molecular complexity index is 1670. The number of aryl methyl sites for hydroxylation is 2. The van der Waals surface area contributed by atoms with Crippen molar-refractivity contribution in [2.24, 2.45) is 0 Å². The van der Waals surface area contributed by atoms with Gasteiger partial charge in [-0.2, -0.15) is 0 Å². The maximum Gasteiger partial charge on any atom is 0.306 e. The van der Waals surface area contributed by atoms with Crippen molar-refractivity contribution in [3.8, 4) is 0 Å². The Morgan fingerprint density at radius 2 is 1.60 bits per heavy atom. The van der Waals surface area contributed by atoms with Crippen LogP contribution in [0, 0.1) is 0 Å². The zero-order chi connectivity index (χ0) is 29.7. The fraction of sp³-hybridized carbons (Fsp3) is 0.343. The summed E-state index contributed by atoms with van der Waals surface area (Å²) in [4.78, 5) is 23.2. The Balaban J connectivity index is 1.22. The van der Waals surface area contributed by atoms with Crippen molar-refractivity contribution in [2.75, 3.05) is 5.73 Å². The van der Waals surface area contributed by atoms with Gasteiger partial charge < -0.3 is 15.0 Å². The van der Waals surface area contributed by atoms with Crippen LogP contribution < -0.4 is 5.73 Å². The minimum atomic E-state index is -0.184. The predicted molar refractivity (Wildman–Crippen MR) is 174 cm³/mol. The number of unbranched alkanes of at least 4 members (excludes halogenated alkanes) is 1. The predicted octanol–water partition coefficient (Wildman–Crippen LogP) is 8.12. The number of nitrogens with zero attached hydrogens (tertiary/aromatic N) is 3. The molecule has 5 aromatic rings.